The number of imidazole rings is 1. The molecule has 0 saturated heterocycles. The number of aromatic nitrogens is 7. The quantitative estimate of drug-likeness (QED) is 0.351. The van der Waals surface area contributed by atoms with E-state index in [0.717, 1.165) is 8.66 Å². The van der Waals surface area contributed by atoms with Gasteiger partial charge in [0.1, 0.15) is 17.6 Å². The molecule has 6 rings (SSSR count). The van der Waals surface area contributed by atoms with Gasteiger partial charge >= 0.3 is 0 Å². The number of ketones is 1. The first kappa shape index (κ1) is 20.8. The van der Waals surface area contributed by atoms with Crippen molar-refractivity contribution in [3.63, 3.8) is 0 Å². The molecular formula is C20H19BrN8O3S. The van der Waals surface area contributed by atoms with Crippen LogP contribution in [0.5, 0.6) is 0 Å². The van der Waals surface area contributed by atoms with Crippen molar-refractivity contribution in [3.05, 3.63) is 28.4 Å². The summed E-state index contributed by atoms with van der Waals surface area (Å²) in [5, 5.41) is 32.9. The third-order valence-electron chi connectivity index (χ3n) is 6.82. The Kier molecular flexibility index (Phi) is 4.50. The molecule has 0 bridgehead atoms. The number of Topliss-reactive ketones (excluding diaryl/α,β-unsaturated/α-hetero) is 1. The number of rotatable bonds is 5. The maximum Gasteiger partial charge on any atom is 0.256 e. The molecule has 2 aliphatic carbocycles. The van der Waals surface area contributed by atoms with Gasteiger partial charge in [0.25, 0.3) is 5.95 Å². The molecule has 0 aromatic carbocycles. The van der Waals surface area contributed by atoms with Crippen molar-refractivity contribution in [1.82, 2.24) is 34.5 Å². The van der Waals surface area contributed by atoms with Gasteiger partial charge in [0.05, 0.1) is 38.7 Å². The van der Waals surface area contributed by atoms with Crippen LogP contribution >= 0.6 is 27.3 Å². The molecule has 0 radical (unpaired) electrons. The minimum absolute atomic E-state index is 0.104. The number of aliphatic hydroxyl groups is 2. The molecule has 11 nitrogen and oxygen atoms in total. The van der Waals surface area contributed by atoms with Gasteiger partial charge in [0.15, 0.2) is 17.0 Å². The van der Waals surface area contributed by atoms with Gasteiger partial charge in [0, 0.05) is 7.05 Å². The van der Waals surface area contributed by atoms with E-state index in [1.807, 2.05) is 12.1 Å². The molecule has 0 aliphatic heterocycles. The Morgan fingerprint density at radius 2 is 2.15 bits per heavy atom. The number of thiophene rings is 1. The summed E-state index contributed by atoms with van der Waals surface area (Å²) in [5.74, 6) is 0.493. The normalized spacial score (nSPS) is 28.3. The molecule has 0 spiro atoms. The van der Waals surface area contributed by atoms with E-state index in [1.54, 1.807) is 35.5 Å². The summed E-state index contributed by atoms with van der Waals surface area (Å²) in [7, 11) is 1.73. The number of carbonyl (C=O) groups is 1. The lowest BCUT2D eigenvalue weighted by Gasteiger charge is -2.23. The number of hydrogen-bond acceptors (Lipinski definition) is 10. The van der Waals surface area contributed by atoms with Crippen LogP contribution in [0.3, 0.4) is 0 Å². The largest absolute Gasteiger partial charge is 0.389 e. The number of carbonyl (C=O) groups excluding carboxylic acids is 1. The fraction of sp³-hybridized carbons (Fsp3) is 0.400. The lowest BCUT2D eigenvalue weighted by atomic mass is 9.95. The number of nitrogens with zero attached hydrogens (tertiary/aromatic N) is 7. The predicted octanol–water partition coefficient (Wildman–Crippen LogP) is 1.81. The summed E-state index contributed by atoms with van der Waals surface area (Å²) in [4.78, 5) is 26.9. The van der Waals surface area contributed by atoms with E-state index in [1.165, 1.54) is 11.6 Å². The Bertz CT molecular complexity index is 1420. The summed E-state index contributed by atoms with van der Waals surface area (Å²) in [6.07, 6.45) is 1.64. The molecule has 2 saturated carbocycles. The molecule has 33 heavy (non-hydrogen) atoms. The van der Waals surface area contributed by atoms with Crippen molar-refractivity contribution in [2.45, 2.75) is 31.6 Å². The van der Waals surface area contributed by atoms with Gasteiger partial charge in [0.2, 0.25) is 0 Å². The summed E-state index contributed by atoms with van der Waals surface area (Å²) in [6, 6.07) is 3.38. The second-order valence-corrected chi connectivity index (χ2v) is 10.9. The first-order chi connectivity index (χ1) is 15.8. The number of nitrogens with one attached hydrogen (secondary N) is 1. The van der Waals surface area contributed by atoms with E-state index in [0.29, 0.717) is 29.1 Å². The molecule has 2 unspecified atom stereocenters. The minimum Gasteiger partial charge on any atom is -0.389 e. The van der Waals surface area contributed by atoms with E-state index in [4.69, 9.17) is 0 Å². The number of halogens is 1. The molecule has 170 valence electrons. The zero-order valence-electron chi connectivity index (χ0n) is 17.5. The Balaban J connectivity index is 1.45. The predicted molar refractivity (Wildman–Crippen MR) is 123 cm³/mol. The van der Waals surface area contributed by atoms with Crippen molar-refractivity contribution in [1.29, 1.82) is 0 Å². The van der Waals surface area contributed by atoms with E-state index >= 15 is 0 Å². The van der Waals surface area contributed by atoms with Gasteiger partial charge < -0.3 is 20.1 Å². The van der Waals surface area contributed by atoms with Crippen molar-refractivity contribution < 1.29 is 15.0 Å². The average Bonchev–Trinajstić information content (AvgIpc) is 3.20. The van der Waals surface area contributed by atoms with Crippen LogP contribution in [0.4, 0.5) is 5.82 Å². The van der Waals surface area contributed by atoms with Gasteiger partial charge in [-0.2, -0.15) is 14.6 Å². The maximum absolute atomic E-state index is 12.3. The molecule has 4 aromatic heterocycles. The number of fused-ring (bicyclic) bond motifs is 2. The highest BCUT2D eigenvalue weighted by Gasteiger charge is 2.74. The highest BCUT2D eigenvalue weighted by Crippen LogP contribution is 2.68. The zero-order chi connectivity index (χ0) is 23.1. The first-order valence-electron chi connectivity index (χ1n) is 10.3. The van der Waals surface area contributed by atoms with Gasteiger partial charge in [-0.15, -0.1) is 16.4 Å². The zero-order valence-corrected chi connectivity index (χ0v) is 19.9. The second-order valence-electron chi connectivity index (χ2n) is 8.43. The summed E-state index contributed by atoms with van der Waals surface area (Å²) in [5.41, 5.74) is 0.791. The van der Waals surface area contributed by atoms with Crippen LogP contribution in [0.25, 0.3) is 27.7 Å². The lowest BCUT2D eigenvalue weighted by Crippen LogP contribution is -2.36. The van der Waals surface area contributed by atoms with Gasteiger partial charge in [-0.25, -0.2) is 4.98 Å². The Morgan fingerprint density at radius 1 is 1.33 bits per heavy atom. The van der Waals surface area contributed by atoms with Gasteiger partial charge in [-0.1, -0.05) is 5.21 Å². The SMILES string of the molecule is CNc1nc(-n2cc(-c3ccc(Br)s3)nn2)nc2c1ncn2[C@@H]1C2C[C@@]2(C(C)=O)C(O)[C@H]1O. The van der Waals surface area contributed by atoms with Crippen LogP contribution in [0, 0.1) is 11.3 Å². The summed E-state index contributed by atoms with van der Waals surface area (Å²) < 4.78 is 4.22. The Morgan fingerprint density at radius 3 is 2.82 bits per heavy atom. The average molecular weight is 531 g/mol. The summed E-state index contributed by atoms with van der Waals surface area (Å²) >= 11 is 5.00. The second kappa shape index (κ2) is 7.13. The van der Waals surface area contributed by atoms with Crippen LogP contribution < -0.4 is 5.32 Å². The van der Waals surface area contributed by atoms with Gasteiger partial charge in [-0.05, 0) is 47.3 Å². The molecule has 5 atom stereocenters. The monoisotopic (exact) mass is 530 g/mol. The third kappa shape index (κ3) is 2.86. The number of hydrogen-bond donors (Lipinski definition) is 3. The molecule has 4 aromatic rings. The number of aliphatic hydroxyl groups excluding tert-OH is 2. The van der Waals surface area contributed by atoms with E-state index in [-0.39, 0.29) is 17.6 Å². The molecule has 2 aliphatic rings. The Labute approximate surface area is 199 Å². The minimum atomic E-state index is -1.12. The van der Waals surface area contributed by atoms with E-state index < -0.39 is 23.7 Å². The third-order valence-corrected chi connectivity index (χ3v) is 8.47. The molecule has 2 fully saturated rings. The molecule has 3 N–H and O–H groups in total. The fourth-order valence-corrected chi connectivity index (χ4v) is 6.43. The molecule has 4 heterocycles. The van der Waals surface area contributed by atoms with Crippen molar-refractivity contribution in [2.24, 2.45) is 11.3 Å². The van der Waals surface area contributed by atoms with Crippen molar-refractivity contribution >= 4 is 50.0 Å². The van der Waals surface area contributed by atoms with Crippen molar-refractivity contribution in [3.8, 4) is 16.5 Å². The highest BCUT2D eigenvalue weighted by atomic mass is 79.9. The lowest BCUT2D eigenvalue weighted by molar-refractivity contribution is -0.128. The molecule has 0 amide bonds. The van der Waals surface area contributed by atoms with E-state index in [9.17, 15) is 15.0 Å². The van der Waals surface area contributed by atoms with Gasteiger partial charge in [-0.3, -0.25) is 4.79 Å². The first-order valence-corrected chi connectivity index (χ1v) is 11.9. The van der Waals surface area contributed by atoms with Crippen LogP contribution in [-0.4, -0.2) is 69.8 Å². The molecule has 13 heteroatoms. The smallest absolute Gasteiger partial charge is 0.256 e. The maximum atomic E-state index is 12.3. The van der Waals surface area contributed by atoms with Crippen LogP contribution in [0.2, 0.25) is 0 Å². The topological polar surface area (TPSA) is 144 Å². The molecular weight excluding hydrogens is 512 g/mol. The fourth-order valence-electron chi connectivity index (χ4n) is 5.10. The highest BCUT2D eigenvalue weighted by molar-refractivity contribution is 9.11. The summed E-state index contributed by atoms with van der Waals surface area (Å²) in [6.45, 7) is 1.47. The van der Waals surface area contributed by atoms with Crippen LogP contribution in [-0.2, 0) is 4.79 Å². The van der Waals surface area contributed by atoms with Crippen LogP contribution in [0.1, 0.15) is 19.4 Å². The van der Waals surface area contributed by atoms with Crippen LogP contribution in [0.15, 0.2) is 28.4 Å². The standard InChI is InChI=1S/C20H19BrN8O3S/c1-8(30)20-5-9(20)14(15(31)16(20)32)28-7-23-13-17(22-2)24-19(25-18(13)28)29-6-10(26-27-29)11-3-4-12(21)33-11/h3-4,6-7,9,14-16,31-32H,5H2,1-2H3,(H,22,24,25)/t9?,14-,15+,16?,20+/m1/s1. The van der Waals surface area contributed by atoms with Crippen molar-refractivity contribution in [2.75, 3.05) is 12.4 Å². The Hall–Kier alpha value is -2.74. The van der Waals surface area contributed by atoms with E-state index in [2.05, 4.69) is 46.5 Å². The number of anilines is 1.